The van der Waals surface area contributed by atoms with Crippen molar-refractivity contribution in [2.45, 2.75) is 31.4 Å². The number of carboxylic acids is 1. The molecule has 1 aromatic carbocycles. The fraction of sp³-hybridized carbons (Fsp3) is 0.556. The predicted molar refractivity (Wildman–Crippen MR) is 96.6 cm³/mol. The van der Waals surface area contributed by atoms with Crippen LogP contribution >= 0.6 is 0 Å². The summed E-state index contributed by atoms with van der Waals surface area (Å²) in [4.78, 5) is 25.4. The number of nitrogens with zero attached hydrogens (tertiary/aromatic N) is 1. The first kappa shape index (κ1) is 19.6. The lowest BCUT2D eigenvalue weighted by Crippen LogP contribution is -2.45. The zero-order chi connectivity index (χ0) is 19.4. The van der Waals surface area contributed by atoms with E-state index in [0.717, 1.165) is 12.8 Å². The minimum Gasteiger partial charge on any atom is -0.482 e. The Hall–Kier alpha value is -2.13. The van der Waals surface area contributed by atoms with E-state index in [1.807, 2.05) is 0 Å². The molecule has 3 rings (SSSR count). The van der Waals surface area contributed by atoms with E-state index in [1.165, 1.54) is 6.07 Å². The summed E-state index contributed by atoms with van der Waals surface area (Å²) in [5.74, 6) is -1.09. The molecule has 2 aliphatic rings. The van der Waals surface area contributed by atoms with E-state index in [4.69, 9.17) is 14.6 Å². The highest BCUT2D eigenvalue weighted by Gasteiger charge is 2.36. The smallest absolute Gasteiger partial charge is 0.341 e. The van der Waals surface area contributed by atoms with Crippen molar-refractivity contribution in [3.05, 3.63) is 29.8 Å². The van der Waals surface area contributed by atoms with Gasteiger partial charge in [-0.3, -0.25) is 4.79 Å². The lowest BCUT2D eigenvalue weighted by Gasteiger charge is -2.30. The minimum absolute atomic E-state index is 0.0410. The average Bonchev–Trinajstić information content (AvgIpc) is 3.26. The zero-order valence-electron chi connectivity index (χ0n) is 14.9. The Morgan fingerprint density at radius 3 is 2.74 bits per heavy atom. The third-order valence-electron chi connectivity index (χ3n) is 4.78. The normalized spacial score (nSPS) is 23.9. The van der Waals surface area contributed by atoms with Crippen molar-refractivity contribution in [3.8, 4) is 5.75 Å². The summed E-state index contributed by atoms with van der Waals surface area (Å²) in [5.41, 5.74) is 0.334. The Balaban J connectivity index is 1.79. The third kappa shape index (κ3) is 5.20. The van der Waals surface area contributed by atoms with Gasteiger partial charge in [0.05, 0.1) is 17.6 Å². The lowest BCUT2D eigenvalue weighted by molar-refractivity contribution is -0.139. The Labute approximate surface area is 158 Å². The first-order valence-electron chi connectivity index (χ1n) is 8.92. The Morgan fingerprint density at radius 1 is 1.30 bits per heavy atom. The number of rotatable bonds is 7. The Kier molecular flexibility index (Phi) is 6.01. The number of hydrogen-bond acceptors (Lipinski definition) is 6. The maximum atomic E-state index is 13.1. The van der Waals surface area contributed by atoms with Gasteiger partial charge < -0.3 is 19.5 Å². The second-order valence-electron chi connectivity index (χ2n) is 6.86. The van der Waals surface area contributed by atoms with Gasteiger partial charge in [0.15, 0.2) is 16.4 Å². The van der Waals surface area contributed by atoms with Crippen LogP contribution in [-0.4, -0.2) is 73.7 Å². The van der Waals surface area contributed by atoms with E-state index in [2.05, 4.69) is 0 Å². The van der Waals surface area contributed by atoms with Gasteiger partial charge in [-0.15, -0.1) is 0 Å². The molecule has 0 spiro atoms. The molecule has 1 N–H and O–H groups in total. The Morgan fingerprint density at radius 2 is 2.11 bits per heavy atom. The van der Waals surface area contributed by atoms with E-state index >= 15 is 0 Å². The van der Waals surface area contributed by atoms with Crippen LogP contribution in [0.1, 0.15) is 29.6 Å². The molecule has 0 bridgehead atoms. The van der Waals surface area contributed by atoms with Gasteiger partial charge in [0.2, 0.25) is 0 Å². The zero-order valence-corrected chi connectivity index (χ0v) is 15.7. The van der Waals surface area contributed by atoms with Crippen LogP contribution in [0, 0.1) is 0 Å². The summed E-state index contributed by atoms with van der Waals surface area (Å²) in [7, 11) is -3.14. The van der Waals surface area contributed by atoms with Crippen molar-refractivity contribution in [1.82, 2.24) is 4.90 Å². The molecule has 2 heterocycles. The summed E-state index contributed by atoms with van der Waals surface area (Å²) in [6.07, 6.45) is 2.08. The molecule has 2 saturated heterocycles. The van der Waals surface area contributed by atoms with Crippen LogP contribution in [0.4, 0.5) is 0 Å². The molecule has 2 unspecified atom stereocenters. The molecule has 8 nitrogen and oxygen atoms in total. The summed E-state index contributed by atoms with van der Waals surface area (Å²) >= 11 is 0. The molecular weight excluding hydrogens is 374 g/mol. The number of carboxylic acid groups (broad SMARTS) is 1. The highest BCUT2D eigenvalue weighted by atomic mass is 32.2. The van der Waals surface area contributed by atoms with E-state index < -0.39 is 22.4 Å². The molecule has 2 aliphatic heterocycles. The number of hydrogen-bond donors (Lipinski definition) is 1. The Bertz CT molecular complexity index is 802. The van der Waals surface area contributed by atoms with Gasteiger partial charge in [-0.1, -0.05) is 6.07 Å². The topological polar surface area (TPSA) is 110 Å². The fourth-order valence-electron chi connectivity index (χ4n) is 3.46. The molecular formula is C18H23NO7S. The number of benzene rings is 1. The molecule has 27 heavy (non-hydrogen) atoms. The van der Waals surface area contributed by atoms with E-state index in [9.17, 15) is 18.0 Å². The monoisotopic (exact) mass is 397 g/mol. The molecule has 0 aliphatic carbocycles. The van der Waals surface area contributed by atoms with E-state index in [-0.39, 0.29) is 35.3 Å². The van der Waals surface area contributed by atoms with Crippen molar-refractivity contribution < 1.29 is 32.6 Å². The summed E-state index contributed by atoms with van der Waals surface area (Å²) in [6.45, 7) is 0.492. The van der Waals surface area contributed by atoms with Gasteiger partial charge in [-0.2, -0.15) is 0 Å². The van der Waals surface area contributed by atoms with E-state index in [0.29, 0.717) is 25.1 Å². The van der Waals surface area contributed by atoms with Crippen molar-refractivity contribution >= 4 is 21.7 Å². The van der Waals surface area contributed by atoms with Crippen LogP contribution in [0.25, 0.3) is 0 Å². The summed E-state index contributed by atoms with van der Waals surface area (Å²) < 4.78 is 34.6. The molecule has 0 saturated carbocycles. The SMILES string of the molecule is O=C(O)COc1cccc(C(=O)N(CC2CCCO2)C2CCS(=O)(=O)C2)c1. The maximum absolute atomic E-state index is 13.1. The van der Waals surface area contributed by atoms with Crippen LogP contribution in [0.2, 0.25) is 0 Å². The van der Waals surface area contributed by atoms with Crippen LogP contribution in [0.5, 0.6) is 5.75 Å². The highest BCUT2D eigenvalue weighted by Crippen LogP contribution is 2.24. The third-order valence-corrected chi connectivity index (χ3v) is 6.53. The highest BCUT2D eigenvalue weighted by molar-refractivity contribution is 7.91. The van der Waals surface area contributed by atoms with Crippen LogP contribution in [-0.2, 0) is 19.4 Å². The second-order valence-corrected chi connectivity index (χ2v) is 9.09. The predicted octanol–water partition coefficient (Wildman–Crippen LogP) is 0.958. The van der Waals surface area contributed by atoms with Crippen LogP contribution in [0.15, 0.2) is 24.3 Å². The second kappa shape index (κ2) is 8.26. The first-order chi connectivity index (χ1) is 12.8. The number of aliphatic carboxylic acids is 1. The number of ether oxygens (including phenoxy) is 2. The molecule has 2 atom stereocenters. The number of amides is 1. The molecule has 0 radical (unpaired) electrons. The fourth-order valence-corrected chi connectivity index (χ4v) is 5.19. The van der Waals surface area contributed by atoms with E-state index in [1.54, 1.807) is 23.1 Å². The van der Waals surface area contributed by atoms with Gasteiger partial charge in [0.25, 0.3) is 5.91 Å². The molecule has 148 valence electrons. The largest absolute Gasteiger partial charge is 0.482 e. The maximum Gasteiger partial charge on any atom is 0.341 e. The van der Waals surface area contributed by atoms with Crippen molar-refractivity contribution in [2.24, 2.45) is 0 Å². The minimum atomic E-state index is -3.14. The average molecular weight is 397 g/mol. The van der Waals surface area contributed by atoms with Gasteiger partial charge in [0, 0.05) is 24.8 Å². The quantitative estimate of drug-likeness (QED) is 0.729. The number of carbonyl (C=O) groups excluding carboxylic acids is 1. The molecule has 1 amide bonds. The lowest BCUT2D eigenvalue weighted by atomic mass is 10.1. The van der Waals surface area contributed by atoms with Crippen LogP contribution < -0.4 is 4.74 Å². The summed E-state index contributed by atoms with van der Waals surface area (Å²) in [5, 5.41) is 8.72. The van der Waals surface area contributed by atoms with Gasteiger partial charge in [0.1, 0.15) is 5.75 Å². The summed E-state index contributed by atoms with van der Waals surface area (Å²) in [6, 6.07) is 5.90. The molecule has 9 heteroatoms. The van der Waals surface area contributed by atoms with Gasteiger partial charge in [-0.05, 0) is 37.5 Å². The van der Waals surface area contributed by atoms with Crippen LogP contribution in [0.3, 0.4) is 0 Å². The molecule has 1 aromatic rings. The van der Waals surface area contributed by atoms with Crippen molar-refractivity contribution in [2.75, 3.05) is 31.3 Å². The standard InChI is InChI=1S/C18H23NO7S/c20-17(21)11-26-15-4-1-3-13(9-15)18(22)19(10-16-5-2-7-25-16)14-6-8-27(23,24)12-14/h1,3-4,9,14,16H,2,5-8,10-12H2,(H,20,21). The van der Waals surface area contributed by atoms with Gasteiger partial charge >= 0.3 is 5.97 Å². The molecule has 0 aromatic heterocycles. The number of sulfone groups is 1. The number of carbonyl (C=O) groups is 2. The van der Waals surface area contributed by atoms with Gasteiger partial charge in [-0.25, -0.2) is 13.2 Å². The molecule has 2 fully saturated rings. The van der Waals surface area contributed by atoms with Crippen molar-refractivity contribution in [1.29, 1.82) is 0 Å². The van der Waals surface area contributed by atoms with Crippen molar-refractivity contribution in [3.63, 3.8) is 0 Å². The first-order valence-corrected chi connectivity index (χ1v) is 10.7.